The molecule has 21 heavy (non-hydrogen) atoms. The van der Waals surface area contributed by atoms with E-state index in [0.717, 1.165) is 0 Å². The van der Waals surface area contributed by atoms with Crippen LogP contribution >= 0.6 is 15.9 Å². The van der Waals surface area contributed by atoms with Crippen LogP contribution in [0.1, 0.15) is 0 Å². The second kappa shape index (κ2) is 5.14. The number of nitro groups is 1. The Morgan fingerprint density at radius 2 is 1.86 bits per heavy atom. The lowest BCUT2D eigenvalue weighted by Crippen LogP contribution is -2.04. The molecule has 0 saturated heterocycles. The van der Waals surface area contributed by atoms with Crippen molar-refractivity contribution in [1.29, 1.82) is 0 Å². The van der Waals surface area contributed by atoms with Crippen LogP contribution in [0.25, 0.3) is 22.3 Å². The molecular formula is C15H8BrNO4. The van der Waals surface area contributed by atoms with Crippen molar-refractivity contribution in [2.24, 2.45) is 0 Å². The summed E-state index contributed by atoms with van der Waals surface area (Å²) in [5.41, 5.74) is 0.639. The number of fused-ring (bicyclic) bond motifs is 1. The Morgan fingerprint density at radius 1 is 1.10 bits per heavy atom. The number of hydrogen-bond donors (Lipinski definition) is 0. The standard InChI is InChI=1S/C15H8BrNO4/c16-13-14(18)11-6-1-2-7-12(11)21-15(13)9-4-3-5-10(8-9)17(19)20/h1-8H. The molecule has 0 fully saturated rings. The maximum absolute atomic E-state index is 12.3. The molecule has 2 aromatic carbocycles. The fourth-order valence-corrected chi connectivity index (χ4v) is 2.59. The lowest BCUT2D eigenvalue weighted by Gasteiger charge is -2.05. The van der Waals surface area contributed by atoms with E-state index in [0.29, 0.717) is 16.5 Å². The number of halogens is 1. The first-order chi connectivity index (χ1) is 10.1. The molecule has 6 heteroatoms. The summed E-state index contributed by atoms with van der Waals surface area (Å²) in [7, 11) is 0. The lowest BCUT2D eigenvalue weighted by molar-refractivity contribution is -0.384. The van der Waals surface area contributed by atoms with Crippen molar-refractivity contribution in [3.8, 4) is 11.3 Å². The molecule has 0 saturated carbocycles. The molecule has 0 amide bonds. The van der Waals surface area contributed by atoms with Crippen molar-refractivity contribution in [3.63, 3.8) is 0 Å². The molecule has 0 atom stereocenters. The Hall–Kier alpha value is -2.47. The van der Waals surface area contributed by atoms with Gasteiger partial charge in [-0.3, -0.25) is 14.9 Å². The maximum atomic E-state index is 12.3. The average Bonchev–Trinajstić information content (AvgIpc) is 2.51. The molecule has 3 aromatic rings. The van der Waals surface area contributed by atoms with E-state index in [1.54, 1.807) is 36.4 Å². The molecule has 1 aromatic heterocycles. The largest absolute Gasteiger partial charge is 0.455 e. The van der Waals surface area contributed by atoms with Crippen LogP contribution in [0.15, 0.2) is 62.2 Å². The number of rotatable bonds is 2. The summed E-state index contributed by atoms with van der Waals surface area (Å²) in [6, 6.07) is 12.8. The van der Waals surface area contributed by atoms with Crippen molar-refractivity contribution < 1.29 is 9.34 Å². The predicted molar refractivity (Wildman–Crippen MR) is 82.3 cm³/mol. The van der Waals surface area contributed by atoms with Crippen molar-refractivity contribution in [3.05, 3.63) is 73.3 Å². The minimum absolute atomic E-state index is 0.0600. The monoisotopic (exact) mass is 345 g/mol. The molecule has 0 unspecified atom stereocenters. The summed E-state index contributed by atoms with van der Waals surface area (Å²) < 4.78 is 5.98. The van der Waals surface area contributed by atoms with Crippen LogP contribution in [-0.2, 0) is 0 Å². The van der Waals surface area contributed by atoms with Crippen LogP contribution in [0.2, 0.25) is 0 Å². The van der Waals surface area contributed by atoms with Crippen LogP contribution in [0.3, 0.4) is 0 Å². The fraction of sp³-hybridized carbons (Fsp3) is 0. The van der Waals surface area contributed by atoms with Crippen molar-refractivity contribution in [2.45, 2.75) is 0 Å². The van der Waals surface area contributed by atoms with Gasteiger partial charge in [0.15, 0.2) is 5.76 Å². The predicted octanol–water partition coefficient (Wildman–Crippen LogP) is 4.13. The van der Waals surface area contributed by atoms with Gasteiger partial charge in [-0.2, -0.15) is 0 Å². The van der Waals surface area contributed by atoms with E-state index in [-0.39, 0.29) is 21.3 Å². The fourth-order valence-electron chi connectivity index (χ4n) is 2.07. The lowest BCUT2D eigenvalue weighted by atomic mass is 10.1. The third-order valence-electron chi connectivity index (χ3n) is 3.06. The summed E-state index contributed by atoms with van der Waals surface area (Å²) >= 11 is 3.22. The highest BCUT2D eigenvalue weighted by molar-refractivity contribution is 9.10. The third kappa shape index (κ3) is 2.34. The van der Waals surface area contributed by atoms with E-state index in [2.05, 4.69) is 15.9 Å². The highest BCUT2D eigenvalue weighted by atomic mass is 79.9. The Balaban J connectivity index is 2.30. The second-order valence-electron chi connectivity index (χ2n) is 4.38. The van der Waals surface area contributed by atoms with Crippen LogP contribution < -0.4 is 5.43 Å². The van der Waals surface area contributed by atoms with E-state index >= 15 is 0 Å². The normalized spacial score (nSPS) is 10.7. The first-order valence-corrected chi connectivity index (χ1v) is 6.83. The zero-order chi connectivity index (χ0) is 15.0. The molecular weight excluding hydrogens is 338 g/mol. The highest BCUT2D eigenvalue weighted by Crippen LogP contribution is 2.31. The highest BCUT2D eigenvalue weighted by Gasteiger charge is 2.16. The van der Waals surface area contributed by atoms with E-state index < -0.39 is 4.92 Å². The molecule has 5 nitrogen and oxygen atoms in total. The van der Waals surface area contributed by atoms with Gasteiger partial charge in [-0.15, -0.1) is 0 Å². The van der Waals surface area contributed by atoms with Crippen LogP contribution in [-0.4, -0.2) is 4.92 Å². The summed E-state index contributed by atoms with van der Waals surface area (Å²) in [5.74, 6) is 0.280. The number of para-hydroxylation sites is 1. The van der Waals surface area contributed by atoms with Gasteiger partial charge in [0, 0.05) is 17.7 Å². The second-order valence-corrected chi connectivity index (χ2v) is 5.17. The van der Waals surface area contributed by atoms with Gasteiger partial charge in [-0.25, -0.2) is 0 Å². The van der Waals surface area contributed by atoms with E-state index in [9.17, 15) is 14.9 Å². The average molecular weight is 346 g/mol. The summed E-state index contributed by atoms with van der Waals surface area (Å²) in [5, 5.41) is 11.3. The molecule has 0 spiro atoms. The zero-order valence-corrected chi connectivity index (χ0v) is 12.2. The zero-order valence-electron chi connectivity index (χ0n) is 10.6. The quantitative estimate of drug-likeness (QED) is 0.517. The van der Waals surface area contributed by atoms with Gasteiger partial charge in [0.1, 0.15) is 10.1 Å². The third-order valence-corrected chi connectivity index (χ3v) is 3.78. The minimum Gasteiger partial charge on any atom is -0.455 e. The Bertz CT molecular complexity index is 917. The van der Waals surface area contributed by atoms with Crippen LogP contribution in [0, 0.1) is 10.1 Å². The summed E-state index contributed by atoms with van der Waals surface area (Å²) in [4.78, 5) is 22.7. The Labute approximate surface area is 127 Å². The van der Waals surface area contributed by atoms with Gasteiger partial charge in [0.25, 0.3) is 5.69 Å². The molecule has 104 valence electrons. The molecule has 0 aliphatic heterocycles. The van der Waals surface area contributed by atoms with E-state index in [4.69, 9.17) is 4.42 Å². The first kappa shape index (κ1) is 13.5. The number of nitro benzene ring substituents is 1. The van der Waals surface area contributed by atoms with Gasteiger partial charge < -0.3 is 4.42 Å². The molecule has 0 radical (unpaired) electrons. The van der Waals surface area contributed by atoms with Crippen LogP contribution in [0.4, 0.5) is 5.69 Å². The topological polar surface area (TPSA) is 73.3 Å². The number of hydrogen-bond acceptors (Lipinski definition) is 4. The van der Waals surface area contributed by atoms with Gasteiger partial charge >= 0.3 is 0 Å². The van der Waals surface area contributed by atoms with Crippen LogP contribution in [0.5, 0.6) is 0 Å². The van der Waals surface area contributed by atoms with Gasteiger partial charge in [-0.05, 0) is 28.1 Å². The maximum Gasteiger partial charge on any atom is 0.270 e. The number of benzene rings is 2. The Morgan fingerprint density at radius 3 is 2.62 bits per heavy atom. The van der Waals surface area contributed by atoms with E-state index in [1.165, 1.54) is 12.1 Å². The summed E-state index contributed by atoms with van der Waals surface area (Å²) in [6.07, 6.45) is 0. The molecule has 0 aliphatic carbocycles. The van der Waals surface area contributed by atoms with E-state index in [1.807, 2.05) is 0 Å². The smallest absolute Gasteiger partial charge is 0.270 e. The van der Waals surface area contributed by atoms with Crippen molar-refractivity contribution in [1.82, 2.24) is 0 Å². The molecule has 1 heterocycles. The molecule has 3 rings (SSSR count). The minimum atomic E-state index is -0.490. The first-order valence-electron chi connectivity index (χ1n) is 6.04. The van der Waals surface area contributed by atoms with Crippen molar-refractivity contribution in [2.75, 3.05) is 0 Å². The summed E-state index contributed by atoms with van der Waals surface area (Å²) in [6.45, 7) is 0. The van der Waals surface area contributed by atoms with Gasteiger partial charge in [0.05, 0.1) is 10.3 Å². The Kier molecular flexibility index (Phi) is 3.31. The van der Waals surface area contributed by atoms with Gasteiger partial charge in [0.2, 0.25) is 5.43 Å². The molecule has 0 bridgehead atoms. The molecule has 0 N–H and O–H groups in total. The van der Waals surface area contributed by atoms with Crippen molar-refractivity contribution >= 4 is 32.6 Å². The molecule has 0 aliphatic rings. The van der Waals surface area contributed by atoms with Gasteiger partial charge in [-0.1, -0.05) is 24.3 Å². The SMILES string of the molecule is O=c1c(Br)c(-c2cccc([N+](=O)[O-])c2)oc2ccccc12. The number of nitrogens with zero attached hydrogens (tertiary/aromatic N) is 1. The number of non-ortho nitro benzene ring substituents is 1.